The van der Waals surface area contributed by atoms with Gasteiger partial charge in [0.1, 0.15) is 0 Å². The Hall–Kier alpha value is -1.84. The second-order valence-electron chi connectivity index (χ2n) is 4.08. The van der Waals surface area contributed by atoms with Gasteiger partial charge in [-0.3, -0.25) is 0 Å². The van der Waals surface area contributed by atoms with Crippen LogP contribution in [0.4, 0.5) is 0 Å². The molecule has 18 heavy (non-hydrogen) atoms. The Balaban J connectivity index is 1.91. The van der Waals surface area contributed by atoms with Crippen molar-refractivity contribution < 1.29 is 8.85 Å². The lowest BCUT2D eigenvalue weighted by Gasteiger charge is -2.32. The van der Waals surface area contributed by atoms with Crippen molar-refractivity contribution in [3.8, 4) is 0 Å². The van der Waals surface area contributed by atoms with Crippen molar-refractivity contribution in [2.24, 2.45) is 0 Å². The summed E-state index contributed by atoms with van der Waals surface area (Å²) in [5.74, 6) is 0.922. The highest BCUT2D eigenvalue weighted by atomic mass is 28.3. The summed E-state index contributed by atoms with van der Waals surface area (Å²) < 4.78 is 11.3. The van der Waals surface area contributed by atoms with E-state index in [0.29, 0.717) is 0 Å². The summed E-state index contributed by atoms with van der Waals surface area (Å²) in [6.45, 7) is 0. The fraction of sp³-hybridized carbons (Fsp3) is 0.0667. The fourth-order valence-corrected chi connectivity index (χ4v) is 2.67. The van der Waals surface area contributed by atoms with E-state index in [4.69, 9.17) is 8.85 Å². The third-order valence-corrected chi connectivity index (χ3v) is 3.62. The minimum absolute atomic E-state index is 0.00477. The normalized spacial score (nSPS) is 18.9. The third kappa shape index (κ3) is 2.37. The average molecular weight is 253 g/mol. The van der Waals surface area contributed by atoms with Gasteiger partial charge in [-0.05, 0) is 11.6 Å². The van der Waals surface area contributed by atoms with Crippen molar-refractivity contribution in [1.82, 2.24) is 0 Å². The number of hydrogen-bond acceptors (Lipinski definition) is 2. The summed E-state index contributed by atoms with van der Waals surface area (Å²) in [7, 11) is -0.449. The molecule has 0 radical (unpaired) electrons. The van der Waals surface area contributed by atoms with Crippen LogP contribution in [0.3, 0.4) is 0 Å². The van der Waals surface area contributed by atoms with Crippen LogP contribution in [0, 0.1) is 0 Å². The van der Waals surface area contributed by atoms with Gasteiger partial charge in [0.2, 0.25) is 0 Å². The first-order valence-electron chi connectivity index (χ1n) is 5.89. The molecule has 1 heterocycles. The maximum absolute atomic E-state index is 5.70. The Morgan fingerprint density at radius 2 is 1.50 bits per heavy atom. The Bertz CT molecular complexity index is 537. The molecule has 0 spiro atoms. The van der Waals surface area contributed by atoms with Gasteiger partial charge >= 0.3 is 0 Å². The van der Waals surface area contributed by atoms with E-state index in [9.17, 15) is 0 Å². The number of benzene rings is 2. The van der Waals surface area contributed by atoms with E-state index >= 15 is 0 Å². The van der Waals surface area contributed by atoms with E-state index in [1.165, 1.54) is 5.56 Å². The van der Waals surface area contributed by atoms with Crippen LogP contribution in [0.2, 0.25) is 0 Å². The Morgan fingerprint density at radius 3 is 2.22 bits per heavy atom. The molecule has 0 aliphatic carbocycles. The van der Waals surface area contributed by atoms with Crippen molar-refractivity contribution in [2.45, 2.75) is 6.10 Å². The smallest absolute Gasteiger partial charge is 0.0889 e. The van der Waals surface area contributed by atoms with Gasteiger partial charge in [0.15, 0.2) is 0 Å². The molecule has 90 valence electrons. The van der Waals surface area contributed by atoms with Gasteiger partial charge in [0.05, 0.1) is 21.9 Å². The average Bonchev–Trinajstić information content (AvgIpc) is 2.49. The molecule has 3 rings (SSSR count). The highest BCUT2D eigenvalue weighted by Gasteiger charge is 2.11. The third-order valence-electron chi connectivity index (χ3n) is 2.87. The Kier molecular flexibility index (Phi) is 3.26. The first-order valence-corrected chi connectivity index (χ1v) is 6.84. The molecular weight excluding hydrogens is 240 g/mol. The summed E-state index contributed by atoms with van der Waals surface area (Å²) in [6.07, 6.45) is 2.05. The van der Waals surface area contributed by atoms with E-state index in [0.717, 1.165) is 11.3 Å². The number of hydrogen-bond donors (Lipinski definition) is 0. The Labute approximate surface area is 109 Å². The summed E-state index contributed by atoms with van der Waals surface area (Å²) in [4.78, 5) is 0. The van der Waals surface area contributed by atoms with Crippen LogP contribution in [0.1, 0.15) is 17.2 Å². The molecule has 1 atom stereocenters. The molecule has 0 fully saturated rings. The van der Waals surface area contributed by atoms with Crippen molar-refractivity contribution in [3.05, 3.63) is 77.9 Å². The zero-order chi connectivity index (χ0) is 12.2. The highest BCUT2D eigenvalue weighted by Crippen LogP contribution is 2.28. The minimum Gasteiger partial charge on any atom is -0.688 e. The maximum atomic E-state index is 5.70. The van der Waals surface area contributed by atoms with Gasteiger partial charge in [-0.25, -0.2) is 0 Å². The van der Waals surface area contributed by atoms with Crippen molar-refractivity contribution in [2.75, 3.05) is 0 Å². The van der Waals surface area contributed by atoms with Crippen molar-refractivity contribution >= 4 is 15.8 Å². The Morgan fingerprint density at radius 1 is 0.833 bits per heavy atom. The van der Waals surface area contributed by atoms with Gasteiger partial charge in [0, 0.05) is 5.56 Å². The van der Waals surface area contributed by atoms with Crippen LogP contribution in [0.5, 0.6) is 0 Å². The predicted molar refractivity (Wildman–Crippen MR) is 72.9 cm³/mol. The molecule has 2 nitrogen and oxygen atoms in total. The van der Waals surface area contributed by atoms with Gasteiger partial charge in [-0.15, -0.1) is 0 Å². The second kappa shape index (κ2) is 5.21. The van der Waals surface area contributed by atoms with Gasteiger partial charge < -0.3 is 8.85 Å². The van der Waals surface area contributed by atoms with E-state index < -0.39 is 10.0 Å². The molecule has 0 aromatic heterocycles. The molecule has 2 aromatic rings. The topological polar surface area (TPSA) is 18.5 Å². The van der Waals surface area contributed by atoms with Gasteiger partial charge in [0.25, 0.3) is 0 Å². The maximum Gasteiger partial charge on any atom is 0.0889 e. The van der Waals surface area contributed by atoms with Crippen LogP contribution in [0.15, 0.2) is 66.7 Å². The molecule has 1 aliphatic rings. The van der Waals surface area contributed by atoms with E-state index in [1.807, 2.05) is 42.5 Å². The lowest BCUT2D eigenvalue weighted by molar-refractivity contribution is 0.209. The molecule has 0 saturated heterocycles. The van der Waals surface area contributed by atoms with Gasteiger partial charge in [-0.1, -0.05) is 60.7 Å². The van der Waals surface area contributed by atoms with Crippen LogP contribution in [0.25, 0.3) is 5.76 Å². The standard InChI is InChI=1S/C15H13O2Si/c1-3-7-12(8-4-1)14-11-15(17-18-16-14)13-9-5-2-6-10-13/h1-11,14,18H/q-1. The quantitative estimate of drug-likeness (QED) is 0.766. The highest BCUT2D eigenvalue weighted by molar-refractivity contribution is 6.21. The molecule has 0 amide bonds. The van der Waals surface area contributed by atoms with Crippen LogP contribution >= 0.6 is 0 Å². The molecule has 0 bridgehead atoms. The molecular formula is C15H13O2Si-. The fourth-order valence-electron chi connectivity index (χ4n) is 1.94. The number of rotatable bonds is 2. The van der Waals surface area contributed by atoms with Crippen LogP contribution in [-0.4, -0.2) is 10.0 Å². The van der Waals surface area contributed by atoms with E-state index in [2.05, 4.69) is 24.3 Å². The molecule has 0 N–H and O–H groups in total. The second-order valence-corrected chi connectivity index (χ2v) is 4.78. The summed E-state index contributed by atoms with van der Waals surface area (Å²) >= 11 is 0. The molecule has 1 unspecified atom stereocenters. The van der Waals surface area contributed by atoms with Crippen molar-refractivity contribution in [3.63, 3.8) is 0 Å². The monoisotopic (exact) mass is 253 g/mol. The first kappa shape index (κ1) is 11.3. The lowest BCUT2D eigenvalue weighted by Crippen LogP contribution is -2.15. The van der Waals surface area contributed by atoms with Crippen LogP contribution < -0.4 is 0 Å². The van der Waals surface area contributed by atoms with Crippen LogP contribution in [-0.2, 0) is 8.85 Å². The molecule has 0 saturated carbocycles. The molecule has 2 aromatic carbocycles. The first-order chi connectivity index (χ1) is 8.93. The SMILES string of the molecule is C1=C(c2ccccc2)O[SiH-]OC1c1ccccc1. The summed E-state index contributed by atoms with van der Waals surface area (Å²) in [5, 5.41) is 0. The minimum atomic E-state index is -0.449. The molecule has 1 aliphatic heterocycles. The zero-order valence-corrected chi connectivity index (χ0v) is 11.0. The van der Waals surface area contributed by atoms with Gasteiger partial charge in [-0.2, -0.15) is 0 Å². The van der Waals surface area contributed by atoms with Crippen molar-refractivity contribution in [1.29, 1.82) is 0 Å². The zero-order valence-electron chi connectivity index (χ0n) is 9.82. The predicted octanol–water partition coefficient (Wildman–Crippen LogP) is 3.08. The lowest BCUT2D eigenvalue weighted by atomic mass is 10.1. The van der Waals surface area contributed by atoms with E-state index in [-0.39, 0.29) is 6.10 Å². The largest absolute Gasteiger partial charge is 0.688 e. The molecule has 3 heteroatoms. The van der Waals surface area contributed by atoms with E-state index in [1.54, 1.807) is 0 Å². The summed E-state index contributed by atoms with van der Waals surface area (Å²) in [6, 6.07) is 20.4. The summed E-state index contributed by atoms with van der Waals surface area (Å²) in [5.41, 5.74) is 2.27.